The molecule has 3 nitrogen and oxygen atoms in total. The first-order valence-corrected chi connectivity index (χ1v) is 5.19. The molecule has 1 amide bonds. The summed E-state index contributed by atoms with van der Waals surface area (Å²) in [6.45, 7) is 2.32. The first kappa shape index (κ1) is 14.4. The number of hydrogen-bond donors (Lipinski definition) is 2. The molecule has 3 N–H and O–H groups in total. The van der Waals surface area contributed by atoms with Crippen molar-refractivity contribution < 1.29 is 4.79 Å². The van der Waals surface area contributed by atoms with Gasteiger partial charge in [-0.1, -0.05) is 22.0 Å². The highest BCUT2D eigenvalue weighted by Crippen LogP contribution is 2.20. The largest absolute Gasteiger partial charge is 0.330 e. The number of nitrogens with two attached hydrogens (primary N) is 1. The van der Waals surface area contributed by atoms with E-state index in [1.807, 2.05) is 25.1 Å². The molecule has 5 heteroatoms. The van der Waals surface area contributed by atoms with Crippen LogP contribution in [0.1, 0.15) is 12.0 Å². The van der Waals surface area contributed by atoms with E-state index in [1.54, 1.807) is 0 Å². The lowest BCUT2D eigenvalue weighted by atomic mass is 10.2. The number of carbonyl (C=O) groups is 1. The summed E-state index contributed by atoms with van der Waals surface area (Å²) < 4.78 is 0.950. The molecule has 1 aromatic rings. The number of carbonyl (C=O) groups excluding carboxylic acids is 1. The molecule has 0 aliphatic heterocycles. The Morgan fingerprint density at radius 2 is 2.20 bits per heavy atom. The Balaban J connectivity index is 0.00000196. The monoisotopic (exact) mass is 292 g/mol. The molecule has 84 valence electrons. The number of nitrogens with one attached hydrogen (secondary N) is 1. The Morgan fingerprint density at radius 1 is 1.53 bits per heavy atom. The molecule has 0 aliphatic carbocycles. The SMILES string of the molecule is Cc1ccc(Br)cc1NC(=O)CCN.Cl. The molecule has 0 radical (unpaired) electrons. The van der Waals surface area contributed by atoms with E-state index in [0.29, 0.717) is 13.0 Å². The molecule has 0 fully saturated rings. The quantitative estimate of drug-likeness (QED) is 0.899. The van der Waals surface area contributed by atoms with Crippen molar-refractivity contribution in [3.05, 3.63) is 28.2 Å². The lowest BCUT2D eigenvalue weighted by Gasteiger charge is -2.07. The van der Waals surface area contributed by atoms with Gasteiger partial charge >= 0.3 is 0 Å². The van der Waals surface area contributed by atoms with Crippen molar-refractivity contribution in [2.24, 2.45) is 5.73 Å². The summed E-state index contributed by atoms with van der Waals surface area (Å²) in [6, 6.07) is 5.76. The summed E-state index contributed by atoms with van der Waals surface area (Å²) in [7, 11) is 0. The van der Waals surface area contributed by atoms with E-state index in [4.69, 9.17) is 5.73 Å². The lowest BCUT2D eigenvalue weighted by molar-refractivity contribution is -0.116. The summed E-state index contributed by atoms with van der Waals surface area (Å²) in [6.07, 6.45) is 0.353. The minimum Gasteiger partial charge on any atom is -0.330 e. The molecule has 0 bridgehead atoms. The molecule has 0 saturated carbocycles. The van der Waals surface area contributed by atoms with Gasteiger partial charge < -0.3 is 11.1 Å². The molecule has 15 heavy (non-hydrogen) atoms. The van der Waals surface area contributed by atoms with Crippen LogP contribution in [0.25, 0.3) is 0 Å². The first-order valence-electron chi connectivity index (χ1n) is 4.39. The summed E-state index contributed by atoms with van der Waals surface area (Å²) in [5, 5.41) is 2.80. The number of anilines is 1. The molecular weight excluding hydrogens is 279 g/mol. The van der Waals surface area contributed by atoms with Crippen molar-refractivity contribution in [2.45, 2.75) is 13.3 Å². The fourth-order valence-corrected chi connectivity index (χ4v) is 1.43. The zero-order valence-electron chi connectivity index (χ0n) is 8.42. The van der Waals surface area contributed by atoms with Crippen LogP contribution in [-0.4, -0.2) is 12.5 Å². The molecular formula is C10H14BrClN2O. The summed E-state index contributed by atoms with van der Waals surface area (Å²) in [5.74, 6) is -0.0475. The van der Waals surface area contributed by atoms with Crippen molar-refractivity contribution in [1.82, 2.24) is 0 Å². The second-order valence-corrected chi connectivity index (χ2v) is 3.96. The number of amides is 1. The topological polar surface area (TPSA) is 55.1 Å². The van der Waals surface area contributed by atoms with Crippen LogP contribution >= 0.6 is 28.3 Å². The van der Waals surface area contributed by atoms with Crippen LogP contribution in [0.15, 0.2) is 22.7 Å². The van der Waals surface area contributed by atoms with Crippen molar-refractivity contribution in [3.63, 3.8) is 0 Å². The maximum atomic E-state index is 11.3. The van der Waals surface area contributed by atoms with Crippen LogP contribution in [0.4, 0.5) is 5.69 Å². The fraction of sp³-hybridized carbons (Fsp3) is 0.300. The number of hydrogen-bond acceptors (Lipinski definition) is 2. The number of halogens is 2. The highest BCUT2D eigenvalue weighted by atomic mass is 79.9. The van der Waals surface area contributed by atoms with Crippen LogP contribution in [0.3, 0.4) is 0 Å². The van der Waals surface area contributed by atoms with Crippen molar-refractivity contribution in [3.8, 4) is 0 Å². The summed E-state index contributed by atoms with van der Waals surface area (Å²) in [5.41, 5.74) is 7.15. The van der Waals surface area contributed by atoms with Gasteiger partial charge in [-0.2, -0.15) is 0 Å². The second kappa shape index (κ2) is 6.82. The maximum absolute atomic E-state index is 11.3. The van der Waals surface area contributed by atoms with Gasteiger partial charge in [0.05, 0.1) is 0 Å². The number of aryl methyl sites for hydroxylation is 1. The van der Waals surface area contributed by atoms with Crippen LogP contribution in [-0.2, 0) is 4.79 Å². The molecule has 1 aromatic carbocycles. The normalized spacial score (nSPS) is 9.27. The van der Waals surface area contributed by atoms with Gasteiger partial charge in [-0.15, -0.1) is 12.4 Å². The van der Waals surface area contributed by atoms with Gasteiger partial charge in [0, 0.05) is 23.1 Å². The van der Waals surface area contributed by atoms with Gasteiger partial charge in [0.15, 0.2) is 0 Å². The van der Waals surface area contributed by atoms with Gasteiger partial charge in [-0.05, 0) is 24.6 Å². The third-order valence-corrected chi connectivity index (χ3v) is 2.34. The zero-order chi connectivity index (χ0) is 10.6. The van der Waals surface area contributed by atoms with E-state index < -0.39 is 0 Å². The predicted octanol–water partition coefficient (Wildman–Crippen LogP) is 2.47. The van der Waals surface area contributed by atoms with E-state index in [0.717, 1.165) is 15.7 Å². The highest BCUT2D eigenvalue weighted by Gasteiger charge is 2.03. The van der Waals surface area contributed by atoms with E-state index >= 15 is 0 Å². The average molecular weight is 294 g/mol. The third kappa shape index (κ3) is 4.64. The Hall–Kier alpha value is -0.580. The zero-order valence-corrected chi connectivity index (χ0v) is 10.8. The Morgan fingerprint density at radius 3 is 2.80 bits per heavy atom. The standard InChI is InChI=1S/C10H13BrN2O.ClH/c1-7-2-3-8(11)6-9(7)13-10(14)4-5-12;/h2-3,6H,4-5,12H2,1H3,(H,13,14);1H. The predicted molar refractivity (Wildman–Crippen MR) is 68.4 cm³/mol. The Bertz CT molecular complexity index is 344. The van der Waals surface area contributed by atoms with Crippen LogP contribution in [0.2, 0.25) is 0 Å². The molecule has 1 rings (SSSR count). The minimum absolute atomic E-state index is 0. The van der Waals surface area contributed by atoms with Crippen molar-refractivity contribution in [2.75, 3.05) is 11.9 Å². The number of rotatable bonds is 3. The lowest BCUT2D eigenvalue weighted by Crippen LogP contribution is -2.16. The molecule has 0 spiro atoms. The molecule has 0 saturated heterocycles. The van der Waals surface area contributed by atoms with E-state index in [2.05, 4.69) is 21.2 Å². The van der Waals surface area contributed by atoms with Crippen LogP contribution in [0, 0.1) is 6.92 Å². The van der Waals surface area contributed by atoms with Gasteiger partial charge in [0.25, 0.3) is 0 Å². The van der Waals surface area contributed by atoms with E-state index in [-0.39, 0.29) is 18.3 Å². The Labute approximate surface area is 104 Å². The molecule has 0 aromatic heterocycles. The van der Waals surface area contributed by atoms with Crippen molar-refractivity contribution >= 4 is 39.9 Å². The Kier molecular flexibility index (Phi) is 6.56. The maximum Gasteiger partial charge on any atom is 0.225 e. The summed E-state index contributed by atoms with van der Waals surface area (Å²) >= 11 is 3.35. The summed E-state index contributed by atoms with van der Waals surface area (Å²) in [4.78, 5) is 11.3. The van der Waals surface area contributed by atoms with Gasteiger partial charge in [-0.3, -0.25) is 4.79 Å². The average Bonchev–Trinajstić information content (AvgIpc) is 2.12. The van der Waals surface area contributed by atoms with Gasteiger partial charge in [0.1, 0.15) is 0 Å². The second-order valence-electron chi connectivity index (χ2n) is 3.05. The third-order valence-electron chi connectivity index (χ3n) is 1.85. The molecule has 0 aliphatic rings. The fourth-order valence-electron chi connectivity index (χ4n) is 1.07. The minimum atomic E-state index is -0.0475. The van der Waals surface area contributed by atoms with E-state index in [9.17, 15) is 4.79 Å². The van der Waals surface area contributed by atoms with Crippen molar-refractivity contribution in [1.29, 1.82) is 0 Å². The van der Waals surface area contributed by atoms with Crippen LogP contribution in [0.5, 0.6) is 0 Å². The molecule has 0 unspecified atom stereocenters. The highest BCUT2D eigenvalue weighted by molar-refractivity contribution is 9.10. The molecule has 0 atom stereocenters. The number of benzene rings is 1. The van der Waals surface area contributed by atoms with Gasteiger partial charge in [0.2, 0.25) is 5.91 Å². The smallest absolute Gasteiger partial charge is 0.225 e. The molecule has 0 heterocycles. The first-order chi connectivity index (χ1) is 6.63. The van der Waals surface area contributed by atoms with Crippen LogP contribution < -0.4 is 11.1 Å². The van der Waals surface area contributed by atoms with Gasteiger partial charge in [-0.25, -0.2) is 0 Å². The van der Waals surface area contributed by atoms with E-state index in [1.165, 1.54) is 0 Å².